The first-order valence-corrected chi connectivity index (χ1v) is 20.5. The molecule has 0 spiro atoms. The summed E-state index contributed by atoms with van der Waals surface area (Å²) in [7, 11) is -3.06. The molecule has 3 aliphatic rings. The van der Waals surface area contributed by atoms with E-state index in [-0.39, 0.29) is 6.71 Å². The Hall–Kier alpha value is -6.76. The summed E-state index contributed by atoms with van der Waals surface area (Å²) in [6, 6.07) is 65.7. The fourth-order valence-corrected chi connectivity index (χ4v) is 14.3. The first-order valence-electron chi connectivity index (χ1n) is 18.5. The molecular weight excluding hydrogens is 677 g/mol. The van der Waals surface area contributed by atoms with Crippen LogP contribution < -0.4 is 51.3 Å². The second-order valence-electron chi connectivity index (χ2n) is 14.4. The van der Waals surface area contributed by atoms with Gasteiger partial charge in [-0.25, -0.2) is 0 Å². The van der Waals surface area contributed by atoms with Crippen LogP contribution in [0.3, 0.4) is 0 Å². The molecule has 6 heteroatoms. The highest BCUT2D eigenvalue weighted by Crippen LogP contribution is 2.41. The lowest BCUT2D eigenvalue weighted by molar-refractivity contribution is 0.443. The number of nitrogens with zero attached hydrogens (tertiary/aromatic N) is 1. The van der Waals surface area contributed by atoms with Crippen LogP contribution in [0, 0.1) is 0 Å². The molecule has 0 N–H and O–H groups in total. The molecule has 0 fully saturated rings. The maximum atomic E-state index is 6.93. The van der Waals surface area contributed by atoms with Crippen molar-refractivity contribution in [1.29, 1.82) is 0 Å². The van der Waals surface area contributed by atoms with Crippen molar-refractivity contribution in [3.63, 3.8) is 0 Å². The van der Waals surface area contributed by atoms with Crippen LogP contribution in [0.4, 0.5) is 0 Å². The Morgan fingerprint density at radius 2 is 0.778 bits per heavy atom. The number of ether oxygens (including phenoxy) is 3. The Morgan fingerprint density at radius 1 is 0.352 bits per heavy atom. The summed E-state index contributed by atoms with van der Waals surface area (Å²) in [5.74, 6) is 5.00. The van der Waals surface area contributed by atoms with Crippen LogP contribution in [-0.2, 0) is 0 Å². The lowest BCUT2D eigenvalue weighted by atomic mass is 9.34. The molecule has 4 nitrogen and oxygen atoms in total. The van der Waals surface area contributed by atoms with Crippen LogP contribution in [0.2, 0.25) is 0 Å². The molecule has 0 saturated carbocycles. The quantitative estimate of drug-likeness (QED) is 0.143. The molecule has 3 aliphatic heterocycles. The van der Waals surface area contributed by atoms with E-state index in [4.69, 9.17) is 14.2 Å². The molecule has 8 aromatic carbocycles. The minimum absolute atomic E-state index is 0.0409. The molecule has 1 aromatic heterocycles. The van der Waals surface area contributed by atoms with Gasteiger partial charge in [0.2, 0.25) is 0 Å². The Balaban J connectivity index is 1.16. The summed E-state index contributed by atoms with van der Waals surface area (Å²) in [4.78, 5) is 0. The highest BCUT2D eigenvalue weighted by atomic mass is 28.3. The largest absolute Gasteiger partial charge is 0.458 e. The SMILES string of the molecule is c1ccc([Si](c2ccccc2)(c2cccc(-n3c4ccccc4c4ccccc43)c2)c2cc3c4c(c2)Oc2cccc5c2B4c2c(cccc2O3)O5)cc1. The van der Waals surface area contributed by atoms with Crippen LogP contribution in [0.25, 0.3) is 27.5 Å². The van der Waals surface area contributed by atoms with E-state index in [1.54, 1.807) is 0 Å². The van der Waals surface area contributed by atoms with Gasteiger partial charge in [-0.2, -0.15) is 0 Å². The molecule has 0 atom stereocenters. The summed E-state index contributed by atoms with van der Waals surface area (Å²) < 4.78 is 22.7. The summed E-state index contributed by atoms with van der Waals surface area (Å²) >= 11 is 0. The van der Waals surface area contributed by atoms with Crippen LogP contribution >= 0.6 is 0 Å². The smallest absolute Gasteiger partial charge is 0.270 e. The van der Waals surface area contributed by atoms with E-state index in [1.165, 1.54) is 42.6 Å². The minimum Gasteiger partial charge on any atom is -0.458 e. The fourth-order valence-electron chi connectivity index (χ4n) is 9.49. The number of hydrogen-bond donors (Lipinski definition) is 0. The molecule has 54 heavy (non-hydrogen) atoms. The number of benzene rings is 8. The summed E-state index contributed by atoms with van der Waals surface area (Å²) in [5.41, 5.74) is 6.70. The van der Waals surface area contributed by atoms with E-state index in [0.29, 0.717) is 0 Å². The summed E-state index contributed by atoms with van der Waals surface area (Å²) in [5, 5.41) is 7.53. The van der Waals surface area contributed by atoms with Gasteiger partial charge < -0.3 is 18.8 Å². The van der Waals surface area contributed by atoms with Gasteiger partial charge >= 0.3 is 0 Å². The number of para-hydroxylation sites is 2. The van der Waals surface area contributed by atoms with Crippen molar-refractivity contribution in [2.45, 2.75) is 0 Å². The van der Waals surface area contributed by atoms with Crippen molar-refractivity contribution < 1.29 is 14.2 Å². The van der Waals surface area contributed by atoms with Crippen LogP contribution in [0.15, 0.2) is 182 Å². The van der Waals surface area contributed by atoms with Crippen molar-refractivity contribution in [3.8, 4) is 40.2 Å². The zero-order valence-electron chi connectivity index (χ0n) is 29.1. The molecule has 0 saturated heterocycles. The third kappa shape index (κ3) is 3.98. The fraction of sp³-hybridized carbons (Fsp3) is 0. The molecule has 0 amide bonds. The zero-order valence-corrected chi connectivity index (χ0v) is 30.1. The van der Waals surface area contributed by atoms with Crippen LogP contribution in [-0.4, -0.2) is 19.4 Å². The van der Waals surface area contributed by atoms with Gasteiger partial charge in [-0.15, -0.1) is 0 Å². The van der Waals surface area contributed by atoms with Gasteiger partial charge in [-0.05, 0) is 81.4 Å². The molecule has 9 aromatic rings. The van der Waals surface area contributed by atoms with Gasteiger partial charge in [0.25, 0.3) is 6.71 Å². The van der Waals surface area contributed by atoms with Gasteiger partial charge in [0, 0.05) is 32.8 Å². The van der Waals surface area contributed by atoms with E-state index < -0.39 is 8.07 Å². The second kappa shape index (κ2) is 11.1. The van der Waals surface area contributed by atoms with E-state index in [9.17, 15) is 0 Å². The van der Waals surface area contributed by atoms with Crippen molar-refractivity contribution in [1.82, 2.24) is 4.57 Å². The van der Waals surface area contributed by atoms with Crippen LogP contribution in [0.1, 0.15) is 0 Å². The highest BCUT2D eigenvalue weighted by Gasteiger charge is 2.49. The molecule has 0 radical (unpaired) electrons. The Bertz CT molecular complexity index is 2830. The predicted molar refractivity (Wildman–Crippen MR) is 222 cm³/mol. The average molecular weight is 708 g/mol. The van der Waals surface area contributed by atoms with Gasteiger partial charge in [-0.3, -0.25) is 0 Å². The Morgan fingerprint density at radius 3 is 1.31 bits per heavy atom. The zero-order chi connectivity index (χ0) is 35.4. The molecular formula is C48H30BNO3Si. The standard InChI is InChI=1S/C48H30BNO3Si/c1-3-15-32(16-4-1)54(33-17-5-2-6-18-33,34-19-11-14-31(28-34)50-38-22-9-7-20-36(38)37-21-8-10-23-39(37)50)35-29-44-48-45(30-35)53-43-27-13-25-41-47(43)49(48)46-40(51-41)24-12-26-42(46)52-44/h1-30H. The van der Waals surface area contributed by atoms with Gasteiger partial charge in [0.05, 0.1) is 11.0 Å². The normalized spacial score (nSPS) is 13.2. The van der Waals surface area contributed by atoms with Crippen molar-refractivity contribution in [3.05, 3.63) is 182 Å². The number of hydrogen-bond acceptors (Lipinski definition) is 3. The third-order valence-corrected chi connectivity index (χ3v) is 16.4. The number of fused-ring (bicyclic) bond motifs is 3. The van der Waals surface area contributed by atoms with E-state index in [1.807, 2.05) is 24.3 Å². The molecule has 0 unspecified atom stereocenters. The lowest BCUT2D eigenvalue weighted by Crippen LogP contribution is -2.75. The third-order valence-electron chi connectivity index (χ3n) is 11.6. The van der Waals surface area contributed by atoms with Crippen molar-refractivity contribution in [2.24, 2.45) is 0 Å². The van der Waals surface area contributed by atoms with Gasteiger partial charge in [0.1, 0.15) is 34.5 Å². The van der Waals surface area contributed by atoms with Gasteiger partial charge in [-0.1, -0.05) is 121 Å². The van der Waals surface area contributed by atoms with Crippen molar-refractivity contribution >= 4 is 73.7 Å². The minimum atomic E-state index is -3.06. The second-order valence-corrected chi connectivity index (χ2v) is 18.2. The summed E-state index contributed by atoms with van der Waals surface area (Å²) in [6.07, 6.45) is 0. The highest BCUT2D eigenvalue weighted by molar-refractivity contribution is 7.20. The molecule has 4 heterocycles. The number of rotatable bonds is 5. The Kier molecular flexibility index (Phi) is 6.13. The van der Waals surface area contributed by atoms with Crippen LogP contribution in [0.5, 0.6) is 34.5 Å². The predicted octanol–water partition coefficient (Wildman–Crippen LogP) is 6.99. The van der Waals surface area contributed by atoms with E-state index >= 15 is 0 Å². The monoisotopic (exact) mass is 707 g/mol. The first-order chi connectivity index (χ1) is 26.8. The molecule has 252 valence electrons. The molecule has 0 aliphatic carbocycles. The van der Waals surface area contributed by atoms with Gasteiger partial charge in [0.15, 0.2) is 8.07 Å². The molecule has 0 bridgehead atoms. The molecule has 12 rings (SSSR count). The van der Waals surface area contributed by atoms with Crippen molar-refractivity contribution in [2.75, 3.05) is 0 Å². The average Bonchev–Trinajstić information content (AvgIpc) is 3.57. The van der Waals surface area contributed by atoms with E-state index in [0.717, 1.165) is 56.6 Å². The lowest BCUT2D eigenvalue weighted by Gasteiger charge is -2.40. The maximum absolute atomic E-state index is 6.93. The first kappa shape index (κ1) is 29.8. The van der Waals surface area contributed by atoms with E-state index in [2.05, 4.69) is 162 Å². The topological polar surface area (TPSA) is 32.6 Å². The number of aromatic nitrogens is 1. The summed E-state index contributed by atoms with van der Waals surface area (Å²) in [6.45, 7) is -0.0409. The Labute approximate surface area is 313 Å². The maximum Gasteiger partial charge on any atom is 0.270 e.